The molecule has 0 amide bonds. The maximum Gasteiger partial charge on any atom is 0.252 e. The maximum absolute atomic E-state index is 10.8. The van der Waals surface area contributed by atoms with Crippen molar-refractivity contribution in [1.29, 1.82) is 5.26 Å². The van der Waals surface area contributed by atoms with E-state index >= 15 is 0 Å². The highest BCUT2D eigenvalue weighted by atomic mass is 15.2. The van der Waals surface area contributed by atoms with Crippen LogP contribution in [0.2, 0.25) is 0 Å². The van der Waals surface area contributed by atoms with Crippen LogP contribution < -0.4 is 26.2 Å². The van der Waals surface area contributed by atoms with Gasteiger partial charge in [0.05, 0.1) is 51.6 Å². The number of aromatic nitrogens is 2. The van der Waals surface area contributed by atoms with Gasteiger partial charge in [0.15, 0.2) is 5.69 Å². The number of anilines is 6. The van der Waals surface area contributed by atoms with E-state index < -0.39 is 5.41 Å². The predicted molar refractivity (Wildman–Crippen MR) is 544 cm³/mol. The van der Waals surface area contributed by atoms with Crippen LogP contribution in [0.4, 0.5) is 39.8 Å². The molecule has 0 bridgehead atoms. The number of benzene rings is 15. The van der Waals surface area contributed by atoms with Crippen LogP contribution in [0.15, 0.2) is 303 Å². The smallest absolute Gasteiger partial charge is 0.252 e. The van der Waals surface area contributed by atoms with Crippen LogP contribution in [0.3, 0.4) is 0 Å². The molecule has 2 aromatic heterocycles. The first kappa shape index (κ1) is 83.1. The Labute approximate surface area is 752 Å². The second-order valence-electron chi connectivity index (χ2n) is 42.9. The van der Waals surface area contributed by atoms with Gasteiger partial charge in [-0.25, -0.2) is 4.85 Å². The number of fused-ring (bicyclic) bond motifs is 10. The number of nitriles is 1. The Morgan fingerprint density at radius 3 is 0.866 bits per heavy atom. The summed E-state index contributed by atoms with van der Waals surface area (Å²) < 4.78 is 4.99. The van der Waals surface area contributed by atoms with Crippen molar-refractivity contribution in [3.05, 3.63) is 359 Å². The van der Waals surface area contributed by atoms with E-state index in [0.29, 0.717) is 11.3 Å². The quantitative estimate of drug-likeness (QED) is 0.101. The summed E-state index contributed by atoms with van der Waals surface area (Å²) in [7, 11) is 0. The van der Waals surface area contributed by atoms with Crippen molar-refractivity contribution < 1.29 is 0 Å². The Morgan fingerprint density at radius 1 is 0.268 bits per heavy atom. The first-order valence-corrected chi connectivity index (χ1v) is 45.2. The van der Waals surface area contributed by atoms with Crippen LogP contribution in [0.5, 0.6) is 0 Å². The van der Waals surface area contributed by atoms with E-state index in [1.165, 1.54) is 60.4 Å². The molecule has 0 aliphatic carbocycles. The Morgan fingerprint density at radius 2 is 0.559 bits per heavy atom. The van der Waals surface area contributed by atoms with Crippen LogP contribution in [0.25, 0.3) is 127 Å². The van der Waals surface area contributed by atoms with Crippen molar-refractivity contribution in [2.45, 2.75) is 183 Å². The van der Waals surface area contributed by atoms with Crippen molar-refractivity contribution >= 4 is 107 Å². The molecule has 0 unspecified atom stereocenters. The number of para-hydroxylation sites is 4. The minimum Gasteiger partial charge on any atom is -0.310 e. The van der Waals surface area contributed by atoms with Crippen LogP contribution in [0.1, 0.15) is 190 Å². The van der Waals surface area contributed by atoms with Gasteiger partial charge in [0.1, 0.15) is 0 Å². The van der Waals surface area contributed by atoms with Gasteiger partial charge in [-0.15, -0.1) is 0 Å². The number of rotatable bonds is 10. The molecular formula is C120H113BN6. The van der Waals surface area contributed by atoms with Gasteiger partial charge in [-0.05, 0) is 235 Å². The molecule has 626 valence electrons. The standard InChI is InChI=1S/C120H113BN6/c1-114(2,3)83-49-43-75(44-50-83)79-63-97(77-41-39-74(73-122)40-42-77)112(99(65-79)81-59-85(116(7,8)9)67-86(60-81)117(10,11)12)126-107-71-91(124-103-35-27-23-31-93(103)94-32-24-28-36-104(94)124)55-57-101(107)121-102-58-56-92(125-105-37-29-25-33-95(105)96-34-26-30-38-106(96)125)72-108(102)127(110-70-89(120(19,20)21)69-109(126)111(110)121)113-98(78-47-53-90(123-22)54-48-78)64-80(76-45-51-84(52-46-76)115(4,5)6)66-100(113)82-61-87(118(13,14)15)68-88(62-82)119(16,17)18/h23-72H,1-21H3. The van der Waals surface area contributed by atoms with Crippen LogP contribution in [0, 0.1) is 17.9 Å². The zero-order valence-corrected chi connectivity index (χ0v) is 77.6. The number of hydrogen-bond acceptors (Lipinski definition) is 3. The lowest BCUT2D eigenvalue weighted by molar-refractivity contribution is 0.568. The minimum atomic E-state index is -0.466. The second-order valence-corrected chi connectivity index (χ2v) is 42.9. The topological polar surface area (TPSA) is 44.5 Å². The van der Waals surface area contributed by atoms with Crippen molar-refractivity contribution in [1.82, 2.24) is 9.13 Å². The van der Waals surface area contributed by atoms with Gasteiger partial charge in [0.2, 0.25) is 0 Å². The molecule has 0 fully saturated rings. The molecule has 4 heterocycles. The second kappa shape index (κ2) is 30.1. The molecule has 0 spiro atoms. The lowest BCUT2D eigenvalue weighted by Gasteiger charge is -2.46. The van der Waals surface area contributed by atoms with Crippen LogP contribution in [-0.4, -0.2) is 15.8 Å². The summed E-state index contributed by atoms with van der Waals surface area (Å²) in [5.74, 6) is 0. The van der Waals surface area contributed by atoms with Crippen molar-refractivity contribution in [2.75, 3.05) is 9.80 Å². The molecule has 0 N–H and O–H groups in total. The van der Waals surface area contributed by atoms with Gasteiger partial charge in [-0.2, -0.15) is 5.26 Å². The summed E-state index contributed by atoms with van der Waals surface area (Å²) in [5, 5.41) is 15.6. The molecule has 15 aromatic carbocycles. The third-order valence-electron chi connectivity index (χ3n) is 27.0. The summed E-state index contributed by atoms with van der Waals surface area (Å²) >= 11 is 0. The van der Waals surface area contributed by atoms with E-state index in [1.807, 2.05) is 24.3 Å². The highest BCUT2D eigenvalue weighted by Gasteiger charge is 2.47. The average Bonchev–Trinajstić information content (AvgIpc) is 0.760. The highest BCUT2D eigenvalue weighted by molar-refractivity contribution is 7.00. The molecule has 0 saturated heterocycles. The normalized spacial score (nSPS) is 13.2. The van der Waals surface area contributed by atoms with E-state index in [0.717, 1.165) is 151 Å². The summed E-state index contributed by atoms with van der Waals surface area (Å²) in [4.78, 5) is 9.53. The molecule has 0 atom stereocenters. The van der Waals surface area contributed by atoms with Gasteiger partial charge in [-0.1, -0.05) is 352 Å². The maximum atomic E-state index is 10.8. The Balaban J connectivity index is 1.04. The largest absolute Gasteiger partial charge is 0.310 e. The Hall–Kier alpha value is -13.5. The lowest BCUT2D eigenvalue weighted by Crippen LogP contribution is -2.61. The molecule has 6 nitrogen and oxygen atoms in total. The number of hydrogen-bond donors (Lipinski definition) is 0. The van der Waals surface area contributed by atoms with Crippen LogP contribution in [-0.2, 0) is 37.9 Å². The van der Waals surface area contributed by atoms with Gasteiger partial charge in [-0.3, -0.25) is 0 Å². The summed E-state index contributed by atoms with van der Waals surface area (Å²) in [5.41, 5.74) is 37.4. The van der Waals surface area contributed by atoms with Crippen LogP contribution >= 0.6 is 0 Å². The molecule has 2 aliphatic heterocycles. The molecule has 7 heteroatoms. The third-order valence-corrected chi connectivity index (χ3v) is 27.0. The summed E-state index contributed by atoms with van der Waals surface area (Å²) in [6.07, 6.45) is 0. The number of nitrogens with zero attached hydrogens (tertiary/aromatic N) is 6. The fourth-order valence-electron chi connectivity index (χ4n) is 19.6. The van der Waals surface area contributed by atoms with E-state index in [2.05, 4.69) is 454 Å². The van der Waals surface area contributed by atoms with Crippen molar-refractivity contribution in [3.63, 3.8) is 0 Å². The van der Waals surface area contributed by atoms with Gasteiger partial charge in [0, 0.05) is 77.9 Å². The molecule has 19 rings (SSSR count). The first-order valence-electron chi connectivity index (χ1n) is 45.2. The van der Waals surface area contributed by atoms with E-state index in [4.69, 9.17) is 6.57 Å². The lowest BCUT2D eigenvalue weighted by atomic mass is 9.33. The third kappa shape index (κ3) is 14.6. The molecule has 0 radical (unpaired) electrons. The fourth-order valence-corrected chi connectivity index (χ4v) is 19.6. The van der Waals surface area contributed by atoms with E-state index in [1.54, 1.807) is 0 Å². The van der Waals surface area contributed by atoms with Crippen molar-refractivity contribution in [2.24, 2.45) is 0 Å². The minimum absolute atomic E-state index is 0.0779. The van der Waals surface area contributed by atoms with Gasteiger partial charge < -0.3 is 18.9 Å². The summed E-state index contributed by atoms with van der Waals surface area (Å²) in [6, 6.07) is 118. The zero-order chi connectivity index (χ0) is 89.3. The van der Waals surface area contributed by atoms with E-state index in [9.17, 15) is 5.26 Å². The fraction of sp³-hybridized carbons (Fsp3) is 0.233. The Kier molecular flexibility index (Phi) is 19.7. The SMILES string of the molecule is [C-]#[N+]c1ccc(-c2cc(-c3ccc(C(C)(C)C)cc3)cc(-c3cc(C(C)(C)C)cc(C(C)(C)C)c3)c2N2c3cc(-n4c5ccccc5c5ccccc54)ccc3B3c4ccc(-n5c6ccccc6c6ccccc65)cc4N(c4c(-c5ccc(C#N)cc5)cc(-c5ccc(C(C)(C)C)cc5)cc4-c4cc(C(C)(C)C)cc(C(C)(C)C)c4)c4cc(C(C)(C)C)cc2c43)cc1. The summed E-state index contributed by atoms with van der Waals surface area (Å²) in [6.45, 7) is 57.3. The molecule has 17 aromatic rings. The molecule has 0 saturated carbocycles. The first-order chi connectivity index (χ1) is 60.3. The van der Waals surface area contributed by atoms with Crippen molar-refractivity contribution in [3.8, 4) is 84.2 Å². The molecule has 127 heavy (non-hydrogen) atoms. The van der Waals surface area contributed by atoms with E-state index in [-0.39, 0.29) is 39.2 Å². The Bertz CT molecular complexity index is 6800. The molecular weight excluding hydrogens is 1540 g/mol. The molecule has 2 aliphatic rings. The average molecular weight is 1650 g/mol. The monoisotopic (exact) mass is 1650 g/mol. The zero-order valence-electron chi connectivity index (χ0n) is 77.6. The highest BCUT2D eigenvalue weighted by Crippen LogP contribution is 2.57. The van der Waals surface area contributed by atoms with Gasteiger partial charge in [0.25, 0.3) is 6.71 Å². The predicted octanol–water partition coefficient (Wildman–Crippen LogP) is 31.5. The van der Waals surface area contributed by atoms with Gasteiger partial charge >= 0.3 is 0 Å².